The number of amides is 1. The molecular weight excluding hydrogens is 361 g/mol. The summed E-state index contributed by atoms with van der Waals surface area (Å²) in [7, 11) is 0. The topological polar surface area (TPSA) is 20.3 Å². The van der Waals surface area contributed by atoms with Gasteiger partial charge in [0, 0.05) is 18.3 Å². The lowest BCUT2D eigenvalue weighted by Gasteiger charge is -2.27. The summed E-state index contributed by atoms with van der Waals surface area (Å²) in [4.78, 5) is 14.5. The molecule has 0 unspecified atom stereocenters. The lowest BCUT2D eigenvalue weighted by atomic mass is 10.2. The molecule has 0 aliphatic heterocycles. The average molecular weight is 382 g/mol. The Balaban J connectivity index is 1.89. The molecule has 0 saturated heterocycles. The standard InChI is InChI=1S/C19H21Cl2NOS/c1-14(2)22(11-15-6-4-3-5-7-15)19(23)13-24-12-16-8-9-17(20)18(21)10-16/h3-10,14H,11-13H2,1-2H3. The van der Waals surface area contributed by atoms with Crippen LogP contribution in [-0.2, 0) is 17.1 Å². The number of nitrogens with zero attached hydrogens (tertiary/aromatic N) is 1. The monoisotopic (exact) mass is 381 g/mol. The zero-order chi connectivity index (χ0) is 17.5. The van der Waals surface area contributed by atoms with Gasteiger partial charge in [-0.1, -0.05) is 59.6 Å². The van der Waals surface area contributed by atoms with Gasteiger partial charge in [0.2, 0.25) is 5.91 Å². The summed E-state index contributed by atoms with van der Waals surface area (Å²) < 4.78 is 0. The van der Waals surface area contributed by atoms with Crippen LogP contribution < -0.4 is 0 Å². The number of benzene rings is 2. The zero-order valence-electron chi connectivity index (χ0n) is 13.8. The van der Waals surface area contributed by atoms with Gasteiger partial charge < -0.3 is 4.90 Å². The van der Waals surface area contributed by atoms with E-state index in [9.17, 15) is 4.79 Å². The van der Waals surface area contributed by atoms with E-state index in [-0.39, 0.29) is 11.9 Å². The zero-order valence-corrected chi connectivity index (χ0v) is 16.2. The maximum Gasteiger partial charge on any atom is 0.233 e. The Morgan fingerprint density at radius 3 is 2.38 bits per heavy atom. The number of hydrogen-bond acceptors (Lipinski definition) is 2. The minimum Gasteiger partial charge on any atom is -0.335 e. The van der Waals surface area contributed by atoms with Gasteiger partial charge in [-0.2, -0.15) is 0 Å². The summed E-state index contributed by atoms with van der Waals surface area (Å²) in [6, 6.07) is 15.8. The maximum atomic E-state index is 12.6. The van der Waals surface area contributed by atoms with Crippen LogP contribution in [0.5, 0.6) is 0 Å². The van der Waals surface area contributed by atoms with E-state index in [1.807, 2.05) is 61.2 Å². The fourth-order valence-corrected chi connectivity index (χ4v) is 3.49. The first-order valence-corrected chi connectivity index (χ1v) is 9.73. The van der Waals surface area contributed by atoms with E-state index in [0.717, 1.165) is 16.9 Å². The predicted molar refractivity (Wildman–Crippen MR) is 105 cm³/mol. The molecular formula is C19H21Cl2NOS. The van der Waals surface area contributed by atoms with Crippen molar-refractivity contribution in [2.45, 2.75) is 32.2 Å². The molecule has 5 heteroatoms. The van der Waals surface area contributed by atoms with Crippen LogP contribution in [0, 0.1) is 0 Å². The number of carbonyl (C=O) groups is 1. The van der Waals surface area contributed by atoms with Gasteiger partial charge in [0.15, 0.2) is 0 Å². The van der Waals surface area contributed by atoms with E-state index in [0.29, 0.717) is 22.3 Å². The fraction of sp³-hybridized carbons (Fsp3) is 0.316. The average Bonchev–Trinajstić information content (AvgIpc) is 2.56. The Morgan fingerprint density at radius 2 is 1.75 bits per heavy atom. The highest BCUT2D eigenvalue weighted by molar-refractivity contribution is 7.99. The summed E-state index contributed by atoms with van der Waals surface area (Å²) in [6.07, 6.45) is 0. The maximum absolute atomic E-state index is 12.6. The van der Waals surface area contributed by atoms with Crippen molar-refractivity contribution in [3.63, 3.8) is 0 Å². The van der Waals surface area contributed by atoms with Gasteiger partial charge in [0.25, 0.3) is 0 Å². The molecule has 2 rings (SSSR count). The second-order valence-electron chi connectivity index (χ2n) is 5.84. The minimum absolute atomic E-state index is 0.152. The number of carbonyl (C=O) groups excluding carboxylic acids is 1. The molecule has 0 radical (unpaired) electrons. The molecule has 0 N–H and O–H groups in total. The highest BCUT2D eigenvalue weighted by Crippen LogP contribution is 2.25. The van der Waals surface area contributed by atoms with E-state index < -0.39 is 0 Å². The van der Waals surface area contributed by atoms with Crippen LogP contribution in [0.3, 0.4) is 0 Å². The van der Waals surface area contributed by atoms with Crippen molar-refractivity contribution in [2.75, 3.05) is 5.75 Å². The normalized spacial score (nSPS) is 10.9. The second kappa shape index (κ2) is 9.36. The van der Waals surface area contributed by atoms with Crippen molar-refractivity contribution in [1.82, 2.24) is 4.90 Å². The quantitative estimate of drug-likeness (QED) is 0.616. The number of halogens is 2. The van der Waals surface area contributed by atoms with Crippen LogP contribution in [0.4, 0.5) is 0 Å². The summed E-state index contributed by atoms with van der Waals surface area (Å²) in [5.74, 6) is 1.34. The summed E-state index contributed by atoms with van der Waals surface area (Å²) in [5, 5.41) is 1.10. The van der Waals surface area contributed by atoms with Crippen molar-refractivity contribution in [2.24, 2.45) is 0 Å². The van der Waals surface area contributed by atoms with Crippen LogP contribution in [0.2, 0.25) is 10.0 Å². The van der Waals surface area contributed by atoms with Crippen LogP contribution in [0.25, 0.3) is 0 Å². The van der Waals surface area contributed by atoms with Gasteiger partial charge in [-0.3, -0.25) is 4.79 Å². The van der Waals surface area contributed by atoms with Crippen molar-refractivity contribution in [3.05, 3.63) is 69.7 Å². The second-order valence-corrected chi connectivity index (χ2v) is 7.64. The summed E-state index contributed by atoms with van der Waals surface area (Å²) in [5.41, 5.74) is 2.22. The van der Waals surface area contributed by atoms with E-state index >= 15 is 0 Å². The summed E-state index contributed by atoms with van der Waals surface area (Å²) >= 11 is 13.5. The van der Waals surface area contributed by atoms with Gasteiger partial charge in [0.1, 0.15) is 0 Å². The Hall–Kier alpha value is -1.16. The molecule has 0 bridgehead atoms. The molecule has 0 aliphatic rings. The van der Waals surface area contributed by atoms with Crippen molar-refractivity contribution < 1.29 is 4.79 Å². The summed E-state index contributed by atoms with van der Waals surface area (Å²) in [6.45, 7) is 4.74. The van der Waals surface area contributed by atoms with Gasteiger partial charge in [0.05, 0.1) is 15.8 Å². The smallest absolute Gasteiger partial charge is 0.233 e. The van der Waals surface area contributed by atoms with E-state index in [2.05, 4.69) is 0 Å². The van der Waals surface area contributed by atoms with E-state index in [1.165, 1.54) is 0 Å². The molecule has 128 valence electrons. The molecule has 0 aromatic heterocycles. The number of thioether (sulfide) groups is 1. The molecule has 0 atom stereocenters. The number of hydrogen-bond donors (Lipinski definition) is 0. The van der Waals surface area contributed by atoms with Gasteiger partial charge in [-0.25, -0.2) is 0 Å². The van der Waals surface area contributed by atoms with Gasteiger partial charge in [-0.05, 0) is 37.1 Å². The third-order valence-corrected chi connectivity index (χ3v) is 5.35. The largest absolute Gasteiger partial charge is 0.335 e. The van der Waals surface area contributed by atoms with Crippen LogP contribution in [0.1, 0.15) is 25.0 Å². The van der Waals surface area contributed by atoms with Crippen molar-refractivity contribution >= 4 is 40.9 Å². The highest BCUT2D eigenvalue weighted by atomic mass is 35.5. The van der Waals surface area contributed by atoms with E-state index in [1.54, 1.807) is 17.8 Å². The molecule has 2 aromatic rings. The van der Waals surface area contributed by atoms with Crippen LogP contribution in [-0.4, -0.2) is 22.6 Å². The predicted octanol–water partition coefficient (Wildman–Crippen LogP) is 5.66. The lowest BCUT2D eigenvalue weighted by Crippen LogP contribution is -2.37. The van der Waals surface area contributed by atoms with Gasteiger partial charge in [-0.15, -0.1) is 11.8 Å². The first-order valence-electron chi connectivity index (χ1n) is 7.82. The molecule has 24 heavy (non-hydrogen) atoms. The fourth-order valence-electron chi connectivity index (χ4n) is 2.31. The Labute approximate surface area is 158 Å². The first-order chi connectivity index (χ1) is 11.5. The third-order valence-electron chi connectivity index (χ3n) is 3.62. The third kappa shape index (κ3) is 5.73. The Bertz CT molecular complexity index is 676. The Kier molecular flexibility index (Phi) is 7.47. The molecule has 0 spiro atoms. The van der Waals surface area contributed by atoms with Crippen LogP contribution >= 0.6 is 35.0 Å². The lowest BCUT2D eigenvalue weighted by molar-refractivity contribution is -0.130. The molecule has 0 fully saturated rings. The van der Waals surface area contributed by atoms with Crippen LogP contribution in [0.15, 0.2) is 48.5 Å². The SMILES string of the molecule is CC(C)N(Cc1ccccc1)C(=O)CSCc1ccc(Cl)c(Cl)c1. The molecule has 0 saturated carbocycles. The van der Waals surface area contributed by atoms with Crippen molar-refractivity contribution in [3.8, 4) is 0 Å². The first kappa shape index (κ1) is 19.2. The Morgan fingerprint density at radius 1 is 1.04 bits per heavy atom. The molecule has 2 aromatic carbocycles. The van der Waals surface area contributed by atoms with Crippen molar-refractivity contribution in [1.29, 1.82) is 0 Å². The molecule has 0 aliphatic carbocycles. The molecule has 1 amide bonds. The highest BCUT2D eigenvalue weighted by Gasteiger charge is 2.17. The molecule has 0 heterocycles. The molecule has 2 nitrogen and oxygen atoms in total. The minimum atomic E-state index is 0.152. The van der Waals surface area contributed by atoms with E-state index in [4.69, 9.17) is 23.2 Å². The van der Waals surface area contributed by atoms with Gasteiger partial charge >= 0.3 is 0 Å². The number of rotatable bonds is 7.